The number of urea groups is 1. The van der Waals surface area contributed by atoms with E-state index in [2.05, 4.69) is 10.6 Å². The summed E-state index contributed by atoms with van der Waals surface area (Å²) in [6.45, 7) is 2.39. The molecule has 82 valence electrons. The van der Waals surface area contributed by atoms with Crippen molar-refractivity contribution in [2.24, 2.45) is 5.73 Å². The van der Waals surface area contributed by atoms with Gasteiger partial charge >= 0.3 is 6.03 Å². The molecule has 4 nitrogen and oxygen atoms in total. The summed E-state index contributed by atoms with van der Waals surface area (Å²) >= 11 is 0. The van der Waals surface area contributed by atoms with Crippen LogP contribution in [0.5, 0.6) is 0 Å². The standard InChI is InChI=1S/C10H21N3O/c1-8(7-11)12-10(14)13-9-5-3-2-4-6-9/h8-9H,2-7,11H2,1H3,(H2,12,13,14). The van der Waals surface area contributed by atoms with E-state index in [1.165, 1.54) is 19.3 Å². The van der Waals surface area contributed by atoms with Gasteiger partial charge in [-0.3, -0.25) is 0 Å². The maximum absolute atomic E-state index is 11.4. The van der Waals surface area contributed by atoms with Gasteiger partial charge in [0.1, 0.15) is 0 Å². The average molecular weight is 199 g/mol. The van der Waals surface area contributed by atoms with Crippen LogP contribution in [-0.4, -0.2) is 24.7 Å². The molecule has 0 aromatic rings. The Kier molecular flexibility index (Phi) is 4.73. The number of carbonyl (C=O) groups is 1. The van der Waals surface area contributed by atoms with Gasteiger partial charge < -0.3 is 16.4 Å². The molecular weight excluding hydrogens is 178 g/mol. The zero-order valence-electron chi connectivity index (χ0n) is 8.88. The molecule has 0 heterocycles. The van der Waals surface area contributed by atoms with Crippen LogP contribution < -0.4 is 16.4 Å². The van der Waals surface area contributed by atoms with Gasteiger partial charge in [-0.25, -0.2) is 4.79 Å². The molecule has 1 aliphatic rings. The van der Waals surface area contributed by atoms with Crippen molar-refractivity contribution >= 4 is 6.03 Å². The SMILES string of the molecule is CC(CN)NC(=O)NC1CCCCC1. The summed E-state index contributed by atoms with van der Waals surface area (Å²) in [5, 5.41) is 5.78. The fourth-order valence-corrected chi connectivity index (χ4v) is 1.76. The first-order valence-corrected chi connectivity index (χ1v) is 5.49. The van der Waals surface area contributed by atoms with Crippen LogP contribution in [0.2, 0.25) is 0 Å². The van der Waals surface area contributed by atoms with Gasteiger partial charge in [0, 0.05) is 18.6 Å². The van der Waals surface area contributed by atoms with Gasteiger partial charge in [0.15, 0.2) is 0 Å². The van der Waals surface area contributed by atoms with Crippen molar-refractivity contribution in [2.45, 2.75) is 51.1 Å². The van der Waals surface area contributed by atoms with Gasteiger partial charge in [-0.05, 0) is 19.8 Å². The van der Waals surface area contributed by atoms with E-state index in [0.29, 0.717) is 12.6 Å². The summed E-state index contributed by atoms with van der Waals surface area (Å²) in [5.41, 5.74) is 5.41. The normalized spacial score (nSPS) is 20.1. The Labute approximate surface area is 85.6 Å². The lowest BCUT2D eigenvalue weighted by atomic mass is 9.96. The number of amides is 2. The van der Waals surface area contributed by atoms with Crippen LogP contribution in [0.1, 0.15) is 39.0 Å². The Balaban J connectivity index is 2.18. The van der Waals surface area contributed by atoms with E-state index in [0.717, 1.165) is 12.8 Å². The zero-order valence-corrected chi connectivity index (χ0v) is 8.88. The van der Waals surface area contributed by atoms with E-state index in [1.54, 1.807) is 0 Å². The largest absolute Gasteiger partial charge is 0.335 e. The summed E-state index contributed by atoms with van der Waals surface area (Å²) in [5.74, 6) is 0. The van der Waals surface area contributed by atoms with Crippen molar-refractivity contribution in [1.82, 2.24) is 10.6 Å². The lowest BCUT2D eigenvalue weighted by molar-refractivity contribution is 0.230. The molecule has 1 atom stereocenters. The quantitative estimate of drug-likeness (QED) is 0.634. The molecule has 1 unspecified atom stereocenters. The second kappa shape index (κ2) is 5.86. The van der Waals surface area contributed by atoms with Crippen LogP contribution in [-0.2, 0) is 0 Å². The molecule has 0 saturated heterocycles. The molecule has 0 aromatic heterocycles. The van der Waals surface area contributed by atoms with Crippen molar-refractivity contribution in [3.8, 4) is 0 Å². The van der Waals surface area contributed by atoms with Gasteiger partial charge in [0.2, 0.25) is 0 Å². The molecule has 0 radical (unpaired) electrons. The van der Waals surface area contributed by atoms with Crippen molar-refractivity contribution in [1.29, 1.82) is 0 Å². The van der Waals surface area contributed by atoms with Crippen molar-refractivity contribution < 1.29 is 4.79 Å². The highest BCUT2D eigenvalue weighted by atomic mass is 16.2. The van der Waals surface area contributed by atoms with Crippen LogP contribution in [0, 0.1) is 0 Å². The summed E-state index contributed by atoms with van der Waals surface area (Å²) in [6.07, 6.45) is 6.00. The minimum absolute atomic E-state index is 0.0543. The van der Waals surface area contributed by atoms with E-state index in [1.807, 2.05) is 6.92 Å². The Morgan fingerprint density at radius 1 is 1.43 bits per heavy atom. The summed E-state index contributed by atoms with van der Waals surface area (Å²) < 4.78 is 0. The number of nitrogens with one attached hydrogen (secondary N) is 2. The molecule has 0 bridgehead atoms. The van der Waals surface area contributed by atoms with Gasteiger partial charge in [-0.2, -0.15) is 0 Å². The molecule has 0 aromatic carbocycles. The molecule has 1 saturated carbocycles. The molecule has 4 heteroatoms. The summed E-state index contributed by atoms with van der Waals surface area (Å²) in [7, 11) is 0. The van der Waals surface area contributed by atoms with Gasteiger partial charge in [-0.1, -0.05) is 19.3 Å². The van der Waals surface area contributed by atoms with Crippen molar-refractivity contribution in [3.63, 3.8) is 0 Å². The van der Waals surface area contributed by atoms with E-state index >= 15 is 0 Å². The first-order chi connectivity index (χ1) is 6.72. The van der Waals surface area contributed by atoms with Crippen LogP contribution in [0.25, 0.3) is 0 Å². The van der Waals surface area contributed by atoms with Crippen molar-refractivity contribution in [3.05, 3.63) is 0 Å². The number of nitrogens with two attached hydrogens (primary N) is 1. The van der Waals surface area contributed by atoms with Crippen LogP contribution in [0.3, 0.4) is 0 Å². The van der Waals surface area contributed by atoms with Crippen LogP contribution in [0.4, 0.5) is 4.79 Å². The lowest BCUT2D eigenvalue weighted by Gasteiger charge is -2.23. The molecule has 1 rings (SSSR count). The third kappa shape index (κ3) is 3.96. The minimum Gasteiger partial charge on any atom is -0.335 e. The molecule has 0 spiro atoms. The first-order valence-electron chi connectivity index (χ1n) is 5.49. The molecule has 14 heavy (non-hydrogen) atoms. The van der Waals surface area contributed by atoms with Gasteiger partial charge in [0.25, 0.3) is 0 Å². The predicted octanol–water partition coefficient (Wildman–Crippen LogP) is 0.965. The van der Waals surface area contributed by atoms with E-state index in [4.69, 9.17) is 5.73 Å². The minimum atomic E-state index is -0.0742. The Morgan fingerprint density at radius 2 is 2.07 bits per heavy atom. The molecule has 0 aliphatic heterocycles. The topological polar surface area (TPSA) is 67.1 Å². The van der Waals surface area contributed by atoms with Crippen molar-refractivity contribution in [2.75, 3.05) is 6.54 Å². The Bertz CT molecular complexity index is 178. The highest BCUT2D eigenvalue weighted by Crippen LogP contribution is 2.17. The van der Waals surface area contributed by atoms with E-state index in [9.17, 15) is 4.79 Å². The summed E-state index contributed by atoms with van der Waals surface area (Å²) in [6, 6.07) is 0.349. The van der Waals surface area contributed by atoms with Crippen LogP contribution >= 0.6 is 0 Å². The number of rotatable bonds is 3. The third-order valence-corrected chi connectivity index (χ3v) is 2.67. The van der Waals surface area contributed by atoms with Gasteiger partial charge in [0.05, 0.1) is 0 Å². The molecular formula is C10H21N3O. The number of hydrogen-bond donors (Lipinski definition) is 3. The zero-order chi connectivity index (χ0) is 10.4. The van der Waals surface area contributed by atoms with Gasteiger partial charge in [-0.15, -0.1) is 0 Å². The third-order valence-electron chi connectivity index (χ3n) is 2.67. The smallest absolute Gasteiger partial charge is 0.315 e. The average Bonchev–Trinajstić information content (AvgIpc) is 2.19. The first kappa shape index (κ1) is 11.3. The maximum Gasteiger partial charge on any atom is 0.315 e. The lowest BCUT2D eigenvalue weighted by Crippen LogP contribution is -2.47. The van der Waals surface area contributed by atoms with E-state index < -0.39 is 0 Å². The second-order valence-corrected chi connectivity index (χ2v) is 4.09. The molecule has 2 amide bonds. The monoisotopic (exact) mass is 199 g/mol. The molecule has 1 aliphatic carbocycles. The fourth-order valence-electron chi connectivity index (χ4n) is 1.76. The second-order valence-electron chi connectivity index (χ2n) is 4.09. The maximum atomic E-state index is 11.4. The highest BCUT2D eigenvalue weighted by molar-refractivity contribution is 5.74. The molecule has 1 fully saturated rings. The number of hydrogen-bond acceptors (Lipinski definition) is 2. The molecule has 4 N–H and O–H groups in total. The van der Waals surface area contributed by atoms with Crippen LogP contribution in [0.15, 0.2) is 0 Å². The number of carbonyl (C=O) groups excluding carboxylic acids is 1. The fraction of sp³-hybridized carbons (Fsp3) is 0.900. The van der Waals surface area contributed by atoms with E-state index in [-0.39, 0.29) is 12.1 Å². The predicted molar refractivity (Wildman–Crippen MR) is 57.1 cm³/mol. The Morgan fingerprint density at radius 3 is 2.64 bits per heavy atom. The highest BCUT2D eigenvalue weighted by Gasteiger charge is 2.15. The Hall–Kier alpha value is -0.770. The summed E-state index contributed by atoms with van der Waals surface area (Å²) in [4.78, 5) is 11.4.